The molecule has 9 heteroatoms. The van der Waals surface area contributed by atoms with E-state index in [0.717, 1.165) is 37.5 Å². The molecular weight excluding hydrogens is 540 g/mol. The molecule has 2 aromatic rings. The molecule has 0 radical (unpaired) electrons. The molecule has 1 saturated carbocycles. The van der Waals surface area contributed by atoms with Crippen molar-refractivity contribution < 1.29 is 22.7 Å². The van der Waals surface area contributed by atoms with Crippen LogP contribution in [0.3, 0.4) is 0 Å². The van der Waals surface area contributed by atoms with Crippen LogP contribution in [-0.4, -0.2) is 37.6 Å². The standard InChI is InChI=1S/C32H46N2O6S/c1-9-40-31(37)25(19-32(5,6)7)34-29(24-16-12-21(3)13-17-24)22(4)27(28(30(34)36)33-41(8,38)39)26(35)18-23-14-10-20(2)11-15-23/h12-13,16-17,20,23,25,33H,9-11,14-15,18-19H2,1-8H3. The Hall–Kier alpha value is -2.94. The minimum atomic E-state index is -3.94. The van der Waals surface area contributed by atoms with E-state index in [1.54, 1.807) is 13.8 Å². The van der Waals surface area contributed by atoms with E-state index < -0.39 is 27.6 Å². The van der Waals surface area contributed by atoms with E-state index in [1.165, 1.54) is 4.57 Å². The quantitative estimate of drug-likeness (QED) is 0.253. The Bertz CT molecular complexity index is 1430. The van der Waals surface area contributed by atoms with Crippen molar-refractivity contribution >= 4 is 27.5 Å². The SMILES string of the molecule is CCOC(=O)C(CC(C)(C)C)n1c(-c2ccc(C)cc2)c(C)c(C(=O)CC2CCC(C)CC2)c(NS(C)(=O)=O)c1=O. The molecule has 0 saturated heterocycles. The molecule has 1 aliphatic carbocycles. The highest BCUT2D eigenvalue weighted by molar-refractivity contribution is 7.92. The highest BCUT2D eigenvalue weighted by atomic mass is 32.2. The summed E-state index contributed by atoms with van der Waals surface area (Å²) in [5.74, 6) is -0.0693. The van der Waals surface area contributed by atoms with Crippen molar-refractivity contribution in [2.75, 3.05) is 17.6 Å². The Morgan fingerprint density at radius 2 is 1.66 bits per heavy atom. The third kappa shape index (κ3) is 8.31. The number of Topliss-reactive ketones (excluding diaryl/α,β-unsaturated/α-hetero) is 1. The summed E-state index contributed by atoms with van der Waals surface area (Å²) in [6.45, 7) is 13.6. The molecule has 8 nitrogen and oxygen atoms in total. The van der Waals surface area contributed by atoms with Gasteiger partial charge in [-0.1, -0.05) is 70.4 Å². The summed E-state index contributed by atoms with van der Waals surface area (Å²) in [6.07, 6.45) is 5.35. The molecule has 1 aromatic heterocycles. The van der Waals surface area contributed by atoms with Crippen LogP contribution in [-0.2, 0) is 19.6 Å². The van der Waals surface area contributed by atoms with Crippen LogP contribution in [0.25, 0.3) is 11.3 Å². The Kier molecular flexibility index (Phi) is 10.3. The second kappa shape index (κ2) is 12.9. The zero-order valence-electron chi connectivity index (χ0n) is 25.8. The number of anilines is 1. The van der Waals surface area contributed by atoms with Gasteiger partial charge in [0.05, 0.1) is 24.1 Å². The average Bonchev–Trinajstić information content (AvgIpc) is 2.85. The number of nitrogens with one attached hydrogen (secondary N) is 1. The van der Waals surface area contributed by atoms with E-state index in [9.17, 15) is 22.8 Å². The smallest absolute Gasteiger partial charge is 0.329 e. The number of nitrogens with zero attached hydrogens (tertiary/aromatic N) is 1. The van der Waals surface area contributed by atoms with Crippen molar-refractivity contribution in [2.24, 2.45) is 17.3 Å². The minimum absolute atomic E-state index is 0.0734. The van der Waals surface area contributed by atoms with Crippen LogP contribution >= 0.6 is 0 Å². The first-order valence-corrected chi connectivity index (χ1v) is 16.4. The van der Waals surface area contributed by atoms with Gasteiger partial charge in [0.25, 0.3) is 5.56 Å². The molecule has 3 rings (SSSR count). The van der Waals surface area contributed by atoms with Gasteiger partial charge in [-0.3, -0.25) is 18.9 Å². The van der Waals surface area contributed by atoms with Gasteiger partial charge in [-0.2, -0.15) is 0 Å². The lowest BCUT2D eigenvalue weighted by Gasteiger charge is -2.31. The van der Waals surface area contributed by atoms with E-state index >= 15 is 0 Å². The number of hydrogen-bond donors (Lipinski definition) is 1. The fourth-order valence-electron chi connectivity index (χ4n) is 5.80. The summed E-state index contributed by atoms with van der Waals surface area (Å²) in [7, 11) is -3.94. The summed E-state index contributed by atoms with van der Waals surface area (Å²) < 4.78 is 34.2. The van der Waals surface area contributed by atoms with Gasteiger partial charge in [0.15, 0.2) is 5.78 Å². The maximum Gasteiger partial charge on any atom is 0.329 e. The first-order valence-electron chi connectivity index (χ1n) is 14.6. The molecule has 1 N–H and O–H groups in total. The first kappa shape index (κ1) is 32.6. The zero-order chi connectivity index (χ0) is 30.7. The minimum Gasteiger partial charge on any atom is -0.464 e. The molecule has 1 fully saturated rings. The van der Waals surface area contributed by atoms with Gasteiger partial charge in [0.2, 0.25) is 10.0 Å². The van der Waals surface area contributed by atoms with E-state index in [4.69, 9.17) is 4.74 Å². The number of rotatable bonds is 10. The fourth-order valence-corrected chi connectivity index (χ4v) is 6.36. The van der Waals surface area contributed by atoms with Gasteiger partial charge in [-0.15, -0.1) is 0 Å². The van der Waals surface area contributed by atoms with Crippen LogP contribution in [0, 0.1) is 31.1 Å². The van der Waals surface area contributed by atoms with Gasteiger partial charge in [0, 0.05) is 6.42 Å². The van der Waals surface area contributed by atoms with Crippen LogP contribution in [0.15, 0.2) is 29.1 Å². The lowest BCUT2D eigenvalue weighted by molar-refractivity contribution is -0.148. The Morgan fingerprint density at radius 1 is 1.07 bits per heavy atom. The third-order valence-corrected chi connectivity index (χ3v) is 8.41. The van der Waals surface area contributed by atoms with Gasteiger partial charge in [0.1, 0.15) is 11.7 Å². The van der Waals surface area contributed by atoms with E-state index in [2.05, 4.69) is 11.6 Å². The highest BCUT2D eigenvalue weighted by Crippen LogP contribution is 2.37. The Balaban J connectivity index is 2.39. The average molecular weight is 587 g/mol. The largest absolute Gasteiger partial charge is 0.464 e. The summed E-state index contributed by atoms with van der Waals surface area (Å²) in [5, 5.41) is 0. The number of ketones is 1. The van der Waals surface area contributed by atoms with Gasteiger partial charge in [-0.25, -0.2) is 13.2 Å². The Labute approximate surface area is 244 Å². The number of ether oxygens (including phenoxy) is 1. The molecule has 1 atom stereocenters. The molecule has 0 amide bonds. The summed E-state index contributed by atoms with van der Waals surface area (Å²) in [5.41, 5.74) is 1.18. The van der Waals surface area contributed by atoms with Crippen molar-refractivity contribution in [3.63, 3.8) is 0 Å². The van der Waals surface area contributed by atoms with Crippen LogP contribution in [0.2, 0.25) is 0 Å². The number of carbonyl (C=O) groups excluding carboxylic acids is 2. The number of esters is 1. The molecule has 1 heterocycles. The summed E-state index contributed by atoms with van der Waals surface area (Å²) >= 11 is 0. The number of pyridine rings is 1. The van der Waals surface area contributed by atoms with Crippen LogP contribution in [0.4, 0.5) is 5.69 Å². The number of aromatic nitrogens is 1. The topological polar surface area (TPSA) is 112 Å². The third-order valence-electron chi connectivity index (χ3n) is 7.83. The normalized spacial score (nSPS) is 18.5. The zero-order valence-corrected chi connectivity index (χ0v) is 26.6. The molecule has 0 spiro atoms. The molecule has 0 bridgehead atoms. The second-order valence-corrected chi connectivity index (χ2v) is 14.7. The number of hydrogen-bond acceptors (Lipinski definition) is 6. The van der Waals surface area contributed by atoms with Crippen LogP contribution in [0.5, 0.6) is 0 Å². The van der Waals surface area contributed by atoms with Crippen LogP contribution < -0.4 is 10.3 Å². The maximum absolute atomic E-state index is 14.4. The molecule has 1 aromatic carbocycles. The number of carbonyl (C=O) groups is 2. The predicted octanol–water partition coefficient (Wildman–Crippen LogP) is 6.44. The second-order valence-electron chi connectivity index (χ2n) is 12.9. The van der Waals surface area contributed by atoms with Gasteiger partial charge < -0.3 is 4.74 Å². The molecule has 41 heavy (non-hydrogen) atoms. The maximum atomic E-state index is 14.4. The fraction of sp³-hybridized carbons (Fsp3) is 0.594. The molecule has 226 valence electrons. The van der Waals surface area contributed by atoms with E-state index in [0.29, 0.717) is 22.7 Å². The predicted molar refractivity (Wildman–Crippen MR) is 164 cm³/mol. The lowest BCUT2D eigenvalue weighted by atomic mass is 9.79. The number of benzene rings is 1. The van der Waals surface area contributed by atoms with Crippen molar-refractivity contribution in [3.05, 3.63) is 51.3 Å². The number of aryl methyl sites for hydroxylation is 1. The monoisotopic (exact) mass is 586 g/mol. The number of sulfonamides is 1. The lowest BCUT2D eigenvalue weighted by Crippen LogP contribution is -2.38. The molecular formula is C32H46N2O6S. The van der Waals surface area contributed by atoms with Gasteiger partial charge in [-0.05, 0) is 68.4 Å². The van der Waals surface area contributed by atoms with Crippen molar-refractivity contribution in [1.82, 2.24) is 4.57 Å². The van der Waals surface area contributed by atoms with E-state index in [1.807, 2.05) is 52.0 Å². The molecule has 1 aliphatic rings. The molecule has 1 unspecified atom stereocenters. The van der Waals surface area contributed by atoms with Crippen molar-refractivity contribution in [2.45, 2.75) is 93.0 Å². The first-order chi connectivity index (χ1) is 19.0. The van der Waals surface area contributed by atoms with Crippen molar-refractivity contribution in [1.29, 1.82) is 0 Å². The molecule has 0 aliphatic heterocycles. The summed E-state index contributed by atoms with van der Waals surface area (Å²) in [6, 6.07) is 6.47. The van der Waals surface area contributed by atoms with Crippen LogP contribution in [0.1, 0.15) is 101 Å². The highest BCUT2D eigenvalue weighted by Gasteiger charge is 2.35. The van der Waals surface area contributed by atoms with Crippen molar-refractivity contribution in [3.8, 4) is 11.3 Å². The van der Waals surface area contributed by atoms with Gasteiger partial charge >= 0.3 is 5.97 Å². The van der Waals surface area contributed by atoms with E-state index in [-0.39, 0.29) is 47.8 Å². The Morgan fingerprint density at radius 3 is 2.17 bits per heavy atom. The summed E-state index contributed by atoms with van der Waals surface area (Å²) in [4.78, 5) is 41.9.